The molecule has 2 nitrogen and oxygen atoms in total. The van der Waals surface area contributed by atoms with Crippen LogP contribution in [-0.2, 0) is 0 Å². The Kier molecular flexibility index (Phi) is 2.99. The maximum Gasteiger partial charge on any atom is 0.0740 e. The van der Waals surface area contributed by atoms with Crippen LogP contribution in [0, 0.1) is 0 Å². The summed E-state index contributed by atoms with van der Waals surface area (Å²) in [7, 11) is 0. The van der Waals surface area contributed by atoms with E-state index in [1.54, 1.807) is 6.20 Å². The number of nitrogens with two attached hydrogens (primary N) is 1. The Bertz CT molecular complexity index is 442. The molecule has 15 heavy (non-hydrogen) atoms. The minimum atomic E-state index is -0.264. The first-order valence-electron chi connectivity index (χ1n) is 4.70. The molecule has 2 rings (SSSR count). The molecule has 0 bridgehead atoms. The molecule has 0 saturated carbocycles. The summed E-state index contributed by atoms with van der Waals surface area (Å²) < 4.78 is 0. The van der Waals surface area contributed by atoms with E-state index in [4.69, 9.17) is 17.3 Å². The van der Waals surface area contributed by atoms with Crippen LogP contribution in [0.25, 0.3) is 0 Å². The van der Waals surface area contributed by atoms with E-state index < -0.39 is 0 Å². The van der Waals surface area contributed by atoms with E-state index in [0.29, 0.717) is 5.02 Å². The van der Waals surface area contributed by atoms with Crippen LogP contribution < -0.4 is 5.73 Å². The van der Waals surface area contributed by atoms with Gasteiger partial charge in [-0.05, 0) is 23.8 Å². The van der Waals surface area contributed by atoms with E-state index >= 15 is 0 Å². The molecule has 1 unspecified atom stereocenters. The fourth-order valence-corrected chi connectivity index (χ4v) is 1.70. The van der Waals surface area contributed by atoms with Crippen molar-refractivity contribution in [2.24, 2.45) is 5.73 Å². The first-order chi connectivity index (χ1) is 7.29. The van der Waals surface area contributed by atoms with Crippen LogP contribution in [-0.4, -0.2) is 4.98 Å². The zero-order valence-electron chi connectivity index (χ0n) is 8.10. The van der Waals surface area contributed by atoms with Crippen LogP contribution >= 0.6 is 11.6 Å². The van der Waals surface area contributed by atoms with Crippen molar-refractivity contribution in [1.82, 2.24) is 4.98 Å². The molecule has 2 aromatic rings. The highest BCUT2D eigenvalue weighted by Crippen LogP contribution is 2.24. The van der Waals surface area contributed by atoms with E-state index in [2.05, 4.69) is 4.98 Å². The molecule has 3 heteroatoms. The van der Waals surface area contributed by atoms with Crippen LogP contribution in [0.3, 0.4) is 0 Å². The Morgan fingerprint density at radius 2 is 1.80 bits per heavy atom. The van der Waals surface area contributed by atoms with Gasteiger partial charge in [-0.15, -0.1) is 0 Å². The molecule has 0 aliphatic carbocycles. The molecule has 76 valence electrons. The molecule has 0 saturated heterocycles. The van der Waals surface area contributed by atoms with Crippen molar-refractivity contribution in [1.29, 1.82) is 0 Å². The number of hydrogen-bond donors (Lipinski definition) is 1. The number of nitrogens with zero attached hydrogens (tertiary/aromatic N) is 1. The minimum Gasteiger partial charge on any atom is -0.319 e. The summed E-state index contributed by atoms with van der Waals surface area (Å²) in [6, 6.07) is 13.0. The van der Waals surface area contributed by atoms with E-state index in [0.717, 1.165) is 11.3 Å². The summed E-state index contributed by atoms with van der Waals surface area (Å²) in [5, 5.41) is 0.677. The number of hydrogen-bond acceptors (Lipinski definition) is 2. The van der Waals surface area contributed by atoms with Crippen molar-refractivity contribution in [3.63, 3.8) is 0 Å². The van der Waals surface area contributed by atoms with Crippen molar-refractivity contribution >= 4 is 11.6 Å². The fourth-order valence-electron chi connectivity index (χ4n) is 1.45. The van der Waals surface area contributed by atoms with Crippen molar-refractivity contribution in [3.05, 3.63) is 64.9 Å². The van der Waals surface area contributed by atoms with Gasteiger partial charge < -0.3 is 5.73 Å². The normalized spacial score (nSPS) is 12.4. The largest absolute Gasteiger partial charge is 0.319 e. The zero-order valence-corrected chi connectivity index (χ0v) is 8.85. The van der Waals surface area contributed by atoms with Crippen LogP contribution in [0.4, 0.5) is 0 Å². The first-order valence-corrected chi connectivity index (χ1v) is 5.08. The molecular formula is C12H11ClN2. The molecule has 0 amide bonds. The third-order valence-corrected chi connectivity index (χ3v) is 2.59. The molecule has 1 heterocycles. The lowest BCUT2D eigenvalue weighted by atomic mass is 10.0. The molecule has 1 aromatic heterocycles. The fraction of sp³-hybridized carbons (Fsp3) is 0.0833. The lowest BCUT2D eigenvalue weighted by molar-refractivity contribution is 0.829. The molecule has 0 aliphatic heterocycles. The molecule has 0 fully saturated rings. The van der Waals surface area contributed by atoms with Gasteiger partial charge in [0.15, 0.2) is 0 Å². The first kappa shape index (κ1) is 10.1. The number of aromatic nitrogens is 1. The van der Waals surface area contributed by atoms with Gasteiger partial charge in [-0.3, -0.25) is 4.98 Å². The van der Waals surface area contributed by atoms with E-state index in [-0.39, 0.29) is 6.04 Å². The Hall–Kier alpha value is -1.38. The van der Waals surface area contributed by atoms with Gasteiger partial charge in [0.1, 0.15) is 0 Å². The summed E-state index contributed by atoms with van der Waals surface area (Å²) in [5.74, 6) is 0. The molecule has 1 atom stereocenters. The van der Waals surface area contributed by atoms with Gasteiger partial charge in [0, 0.05) is 11.2 Å². The predicted molar refractivity (Wildman–Crippen MR) is 61.7 cm³/mol. The molecule has 0 radical (unpaired) electrons. The molecular weight excluding hydrogens is 208 g/mol. The lowest BCUT2D eigenvalue weighted by Gasteiger charge is -2.12. The van der Waals surface area contributed by atoms with Crippen LogP contribution in [0.2, 0.25) is 5.02 Å². The number of pyridine rings is 1. The topological polar surface area (TPSA) is 38.9 Å². The van der Waals surface area contributed by atoms with E-state index in [1.807, 2.05) is 42.5 Å². The molecule has 2 N–H and O–H groups in total. The summed E-state index contributed by atoms with van der Waals surface area (Å²) in [4.78, 5) is 4.21. The molecule has 1 aromatic carbocycles. The molecule has 0 aliphatic rings. The van der Waals surface area contributed by atoms with E-state index in [1.165, 1.54) is 0 Å². The highest BCUT2D eigenvalue weighted by Gasteiger charge is 2.12. The summed E-state index contributed by atoms with van der Waals surface area (Å²) >= 11 is 6.06. The zero-order chi connectivity index (χ0) is 10.7. The number of halogens is 1. The van der Waals surface area contributed by atoms with Gasteiger partial charge in [0.05, 0.1) is 11.7 Å². The Labute approximate surface area is 93.7 Å². The SMILES string of the molecule is NC(c1ccccn1)c1ccccc1Cl. The second-order valence-electron chi connectivity index (χ2n) is 3.25. The van der Waals surface area contributed by atoms with Gasteiger partial charge in [0.2, 0.25) is 0 Å². The lowest BCUT2D eigenvalue weighted by Crippen LogP contribution is -2.13. The Balaban J connectivity index is 2.37. The Morgan fingerprint density at radius 1 is 1.07 bits per heavy atom. The number of rotatable bonds is 2. The second-order valence-corrected chi connectivity index (χ2v) is 3.66. The summed E-state index contributed by atoms with van der Waals surface area (Å²) in [6.45, 7) is 0. The Morgan fingerprint density at radius 3 is 2.47 bits per heavy atom. The van der Waals surface area contributed by atoms with Crippen molar-refractivity contribution in [3.8, 4) is 0 Å². The van der Waals surface area contributed by atoms with Gasteiger partial charge in [-0.1, -0.05) is 35.9 Å². The average Bonchev–Trinajstić information content (AvgIpc) is 2.30. The van der Waals surface area contributed by atoms with E-state index in [9.17, 15) is 0 Å². The van der Waals surface area contributed by atoms with Gasteiger partial charge in [-0.25, -0.2) is 0 Å². The van der Waals surface area contributed by atoms with Crippen LogP contribution in [0.15, 0.2) is 48.7 Å². The predicted octanol–water partition coefficient (Wildman–Crippen LogP) is 2.78. The van der Waals surface area contributed by atoms with Crippen molar-refractivity contribution in [2.75, 3.05) is 0 Å². The maximum absolute atomic E-state index is 6.07. The van der Waals surface area contributed by atoms with Gasteiger partial charge in [-0.2, -0.15) is 0 Å². The highest BCUT2D eigenvalue weighted by atomic mass is 35.5. The maximum atomic E-state index is 6.07. The smallest absolute Gasteiger partial charge is 0.0740 e. The van der Waals surface area contributed by atoms with Crippen molar-refractivity contribution < 1.29 is 0 Å². The average molecular weight is 219 g/mol. The van der Waals surface area contributed by atoms with Gasteiger partial charge >= 0.3 is 0 Å². The second kappa shape index (κ2) is 4.43. The van der Waals surface area contributed by atoms with Gasteiger partial charge in [0.25, 0.3) is 0 Å². The standard InChI is InChI=1S/C12H11ClN2/c13-10-6-2-1-5-9(10)12(14)11-7-3-4-8-15-11/h1-8,12H,14H2. The summed E-state index contributed by atoms with van der Waals surface area (Å²) in [6.07, 6.45) is 1.73. The number of benzene rings is 1. The molecule has 0 spiro atoms. The van der Waals surface area contributed by atoms with Crippen molar-refractivity contribution in [2.45, 2.75) is 6.04 Å². The third kappa shape index (κ3) is 2.17. The van der Waals surface area contributed by atoms with Crippen LogP contribution in [0.1, 0.15) is 17.3 Å². The third-order valence-electron chi connectivity index (χ3n) is 2.25. The monoisotopic (exact) mass is 218 g/mol. The summed E-state index contributed by atoms with van der Waals surface area (Å²) in [5.41, 5.74) is 7.80. The quantitative estimate of drug-likeness (QED) is 0.842. The highest BCUT2D eigenvalue weighted by molar-refractivity contribution is 6.31. The minimum absolute atomic E-state index is 0.264. The van der Waals surface area contributed by atoms with Crippen LogP contribution in [0.5, 0.6) is 0 Å².